The quantitative estimate of drug-likeness (QED) is 0.501. The molecule has 0 fully saturated rings. The first kappa shape index (κ1) is 21.5. The average Bonchev–Trinajstić information content (AvgIpc) is 3.00. The zero-order valence-electron chi connectivity index (χ0n) is 14.4. The molecular weight excluding hydrogens is 361 g/mol. The molecule has 0 atom stereocenters. The van der Waals surface area contributed by atoms with Gasteiger partial charge >= 0.3 is 20.3 Å². The maximum Gasteiger partial charge on any atom is 0.382 e. The first-order valence-corrected chi connectivity index (χ1v) is 10.8. The Morgan fingerprint density at radius 3 is 1.67 bits per heavy atom. The molecule has 1 aromatic rings. The van der Waals surface area contributed by atoms with Gasteiger partial charge in [-0.05, 0) is 27.7 Å². The number of hydrogen-bond acceptors (Lipinski definition) is 7. The van der Waals surface area contributed by atoms with E-state index in [2.05, 4.69) is 4.98 Å². The van der Waals surface area contributed by atoms with Crippen molar-refractivity contribution in [2.24, 2.45) is 0 Å². The van der Waals surface area contributed by atoms with Gasteiger partial charge in [0.25, 0.3) is 0 Å². The van der Waals surface area contributed by atoms with Crippen molar-refractivity contribution in [3.05, 3.63) is 18.7 Å². The highest BCUT2D eigenvalue weighted by atomic mass is 31.2. The van der Waals surface area contributed by atoms with Crippen molar-refractivity contribution in [1.82, 2.24) is 9.55 Å². The van der Waals surface area contributed by atoms with Gasteiger partial charge in [0.1, 0.15) is 0 Å². The second kappa shape index (κ2) is 9.22. The molecule has 0 spiro atoms. The van der Waals surface area contributed by atoms with Crippen LogP contribution >= 0.6 is 15.2 Å². The molecule has 0 amide bonds. The summed E-state index contributed by atoms with van der Waals surface area (Å²) in [6.07, 6.45) is 4.16. The largest absolute Gasteiger partial charge is 0.382 e. The van der Waals surface area contributed by atoms with E-state index >= 15 is 4.39 Å². The molecule has 0 bridgehead atoms. The van der Waals surface area contributed by atoms with Gasteiger partial charge in [0.05, 0.1) is 39.3 Å². The normalized spacial score (nSPS) is 13.4. The number of alkyl halides is 1. The van der Waals surface area contributed by atoms with Crippen LogP contribution in [0.3, 0.4) is 0 Å². The van der Waals surface area contributed by atoms with Crippen molar-refractivity contribution in [3.63, 3.8) is 0 Å². The first-order chi connectivity index (χ1) is 11.3. The van der Waals surface area contributed by atoms with Crippen LogP contribution in [0.15, 0.2) is 18.7 Å². The van der Waals surface area contributed by atoms with E-state index in [1.54, 1.807) is 0 Å². The van der Waals surface area contributed by atoms with Gasteiger partial charge in [-0.1, -0.05) is 0 Å². The van der Waals surface area contributed by atoms with Crippen molar-refractivity contribution >= 4 is 15.2 Å². The third kappa shape index (κ3) is 4.34. The molecule has 0 aliphatic carbocycles. The van der Waals surface area contributed by atoms with Crippen LogP contribution in [0.25, 0.3) is 0 Å². The Hall–Kier alpha value is -0.560. The molecule has 0 radical (unpaired) electrons. The van der Waals surface area contributed by atoms with Crippen molar-refractivity contribution < 1.29 is 31.6 Å². The van der Waals surface area contributed by atoms with Gasteiger partial charge in [-0.2, -0.15) is 0 Å². The topological polar surface area (TPSA) is 88.9 Å². The first-order valence-electron chi connectivity index (χ1n) is 7.75. The van der Waals surface area contributed by atoms with Crippen molar-refractivity contribution in [1.29, 1.82) is 0 Å². The van der Waals surface area contributed by atoms with Gasteiger partial charge < -0.3 is 22.7 Å². The summed E-state index contributed by atoms with van der Waals surface area (Å²) in [5.41, 5.74) is 0. The van der Waals surface area contributed by atoms with E-state index < -0.39 is 26.9 Å². The van der Waals surface area contributed by atoms with Gasteiger partial charge in [-0.15, -0.1) is 0 Å². The van der Waals surface area contributed by atoms with Gasteiger partial charge in [0.15, 0.2) is 0 Å². The molecule has 1 heterocycles. The number of imidazole rings is 1. The number of hydrogen-bond donors (Lipinski definition) is 0. The Balaban J connectivity index is 3.48. The summed E-state index contributed by atoms with van der Waals surface area (Å²) in [7, 11) is -8.98. The molecule has 0 N–H and O–H groups in total. The fourth-order valence-corrected chi connectivity index (χ4v) is 6.95. The molecule has 140 valence electrons. The fourth-order valence-electron chi connectivity index (χ4n) is 2.09. The van der Waals surface area contributed by atoms with Crippen LogP contribution in [0.4, 0.5) is 4.39 Å². The van der Waals surface area contributed by atoms with Gasteiger partial charge in [-0.3, -0.25) is 9.13 Å². The second-order valence-electron chi connectivity index (χ2n) is 4.62. The summed E-state index contributed by atoms with van der Waals surface area (Å²) >= 11 is 0. The number of aromatic nitrogens is 2. The van der Waals surface area contributed by atoms with Crippen LogP contribution in [-0.4, -0.2) is 41.1 Å². The summed E-state index contributed by atoms with van der Waals surface area (Å²) < 4.78 is 64.2. The standard InChI is InChI=1S/C13H25FN2O6P2/c1-5-19-23(17,20-6-2)13(14,11-16-10-9-15-12-16)24(18,21-7-3)22-8-4/h9-10,12H,5-8,11H2,1-4H3. The molecule has 8 nitrogen and oxygen atoms in total. The van der Waals surface area contributed by atoms with E-state index in [-0.39, 0.29) is 26.4 Å². The maximum absolute atomic E-state index is 16.1. The van der Waals surface area contributed by atoms with Crippen LogP contribution in [0.1, 0.15) is 27.7 Å². The van der Waals surface area contributed by atoms with Gasteiger partial charge in [0, 0.05) is 12.4 Å². The van der Waals surface area contributed by atoms with Crippen LogP contribution in [0, 0.1) is 0 Å². The van der Waals surface area contributed by atoms with Crippen LogP contribution in [0.5, 0.6) is 0 Å². The molecule has 0 saturated carbocycles. The Bertz CT molecular complexity index is 533. The third-order valence-electron chi connectivity index (χ3n) is 2.98. The van der Waals surface area contributed by atoms with Crippen LogP contribution in [0.2, 0.25) is 0 Å². The van der Waals surface area contributed by atoms with E-state index in [4.69, 9.17) is 18.1 Å². The van der Waals surface area contributed by atoms with E-state index in [1.807, 2.05) is 0 Å². The summed E-state index contributed by atoms with van der Waals surface area (Å²) in [5.74, 6) is 0. The fraction of sp³-hybridized carbons (Fsp3) is 0.769. The lowest BCUT2D eigenvalue weighted by Gasteiger charge is -2.36. The van der Waals surface area contributed by atoms with Crippen LogP contribution < -0.4 is 0 Å². The summed E-state index contributed by atoms with van der Waals surface area (Å²) in [6, 6.07) is 0. The molecule has 0 aliphatic heterocycles. The smallest absolute Gasteiger partial charge is 0.333 e. The highest BCUT2D eigenvalue weighted by Crippen LogP contribution is 2.79. The minimum Gasteiger partial charge on any atom is -0.333 e. The molecular formula is C13H25FN2O6P2. The molecule has 1 rings (SSSR count). The molecule has 11 heteroatoms. The van der Waals surface area contributed by atoms with Gasteiger partial charge in [0.2, 0.25) is 0 Å². The SMILES string of the molecule is CCOP(=O)(OCC)C(F)(Cn1ccnc1)P(=O)(OCC)OCC. The molecule has 0 aromatic carbocycles. The molecule has 24 heavy (non-hydrogen) atoms. The predicted octanol–water partition coefficient (Wildman–Crippen LogP) is 4.04. The van der Waals surface area contributed by atoms with E-state index in [1.165, 1.54) is 51.0 Å². The van der Waals surface area contributed by atoms with Gasteiger partial charge in [-0.25, -0.2) is 9.37 Å². The molecule has 0 unspecified atom stereocenters. The number of nitrogens with zero attached hydrogens (tertiary/aromatic N) is 2. The van der Waals surface area contributed by atoms with Crippen molar-refractivity contribution in [2.45, 2.75) is 39.4 Å². The van der Waals surface area contributed by atoms with Crippen LogP contribution in [-0.2, 0) is 33.8 Å². The maximum atomic E-state index is 16.1. The lowest BCUT2D eigenvalue weighted by Crippen LogP contribution is -2.33. The monoisotopic (exact) mass is 386 g/mol. The highest BCUT2D eigenvalue weighted by molar-refractivity contribution is 7.73. The Morgan fingerprint density at radius 2 is 1.38 bits per heavy atom. The third-order valence-corrected chi connectivity index (χ3v) is 8.80. The summed E-state index contributed by atoms with van der Waals surface area (Å²) in [4.78, 5) is 3.81. The zero-order chi connectivity index (χ0) is 18.3. The zero-order valence-corrected chi connectivity index (χ0v) is 16.2. The molecule has 1 aromatic heterocycles. The minimum absolute atomic E-state index is 0.0921. The minimum atomic E-state index is -4.49. The Morgan fingerprint density at radius 1 is 0.958 bits per heavy atom. The molecule has 0 aliphatic rings. The predicted molar refractivity (Wildman–Crippen MR) is 87.8 cm³/mol. The average molecular weight is 386 g/mol. The Labute approximate surface area is 141 Å². The van der Waals surface area contributed by atoms with E-state index in [0.717, 1.165) is 0 Å². The summed E-state index contributed by atoms with van der Waals surface area (Å²) in [5, 5.41) is -3.02. The Kier molecular flexibility index (Phi) is 8.26. The van der Waals surface area contributed by atoms with Crippen molar-refractivity contribution in [2.75, 3.05) is 26.4 Å². The number of rotatable bonds is 12. The summed E-state index contributed by atoms with van der Waals surface area (Å²) in [6.45, 7) is 5.17. The second-order valence-corrected chi connectivity index (χ2v) is 9.41. The lowest BCUT2D eigenvalue weighted by molar-refractivity contribution is 0.126. The molecule has 0 saturated heterocycles. The van der Waals surface area contributed by atoms with Crippen molar-refractivity contribution in [3.8, 4) is 0 Å². The lowest BCUT2D eigenvalue weighted by atomic mass is 10.7. The van der Waals surface area contributed by atoms with E-state index in [0.29, 0.717) is 0 Å². The highest BCUT2D eigenvalue weighted by Gasteiger charge is 2.67. The number of halogens is 1. The van der Waals surface area contributed by atoms with E-state index in [9.17, 15) is 9.13 Å².